The summed E-state index contributed by atoms with van der Waals surface area (Å²) in [6, 6.07) is 0. The first-order valence-corrected chi connectivity index (χ1v) is 2.87. The molecular weight excluding hydrogens is 130 g/mol. The van der Waals surface area contributed by atoms with Gasteiger partial charge in [0.25, 0.3) is 0 Å². The van der Waals surface area contributed by atoms with Crippen LogP contribution in [0.2, 0.25) is 0 Å². The Hall–Kier alpha value is -1.32. The number of ether oxygens (including phenoxy) is 1. The van der Waals surface area contributed by atoms with E-state index >= 15 is 0 Å². The lowest BCUT2D eigenvalue weighted by molar-refractivity contribution is 0.395. The number of nitrogen functional groups attached to an aromatic ring is 1. The molecule has 0 bridgehead atoms. The van der Waals surface area contributed by atoms with Gasteiger partial charge in [0, 0.05) is 0 Å². The van der Waals surface area contributed by atoms with Gasteiger partial charge in [0.05, 0.1) is 19.0 Å². The Morgan fingerprint density at radius 2 is 2.30 bits per heavy atom. The quantitative estimate of drug-likeness (QED) is 0.610. The van der Waals surface area contributed by atoms with Crippen LogP contribution in [0.4, 0.5) is 5.82 Å². The Balaban J connectivity index is 3.04. The van der Waals surface area contributed by atoms with Gasteiger partial charge in [-0.2, -0.15) is 0 Å². The molecule has 2 N–H and O–H groups in total. The minimum atomic E-state index is 0.445. The maximum atomic E-state index is 5.41. The summed E-state index contributed by atoms with van der Waals surface area (Å²) in [5.74, 6) is 0.938. The first kappa shape index (κ1) is 6.80. The summed E-state index contributed by atoms with van der Waals surface area (Å²) in [7, 11) is 1.54. The monoisotopic (exact) mass is 139 g/mol. The van der Waals surface area contributed by atoms with Gasteiger partial charge in [-0.1, -0.05) is 0 Å². The summed E-state index contributed by atoms with van der Waals surface area (Å²) in [6.07, 6.45) is 1.49. The number of nitrogens with two attached hydrogens (primary N) is 1. The lowest BCUT2D eigenvalue weighted by atomic mass is 10.5. The van der Waals surface area contributed by atoms with E-state index in [0.717, 1.165) is 0 Å². The van der Waals surface area contributed by atoms with Gasteiger partial charge in [0.1, 0.15) is 5.82 Å². The van der Waals surface area contributed by atoms with E-state index in [2.05, 4.69) is 9.97 Å². The first-order chi connectivity index (χ1) is 4.74. The molecule has 1 aromatic rings. The van der Waals surface area contributed by atoms with Gasteiger partial charge in [0.15, 0.2) is 0 Å². The van der Waals surface area contributed by atoms with E-state index in [9.17, 15) is 0 Å². The van der Waals surface area contributed by atoms with Crippen molar-refractivity contribution in [2.24, 2.45) is 0 Å². The van der Waals surface area contributed by atoms with Crippen LogP contribution in [0.1, 0.15) is 5.69 Å². The van der Waals surface area contributed by atoms with Crippen LogP contribution in [-0.4, -0.2) is 17.1 Å². The molecule has 0 aliphatic carbocycles. The summed E-state index contributed by atoms with van der Waals surface area (Å²) < 4.78 is 4.82. The molecule has 4 heteroatoms. The average molecular weight is 139 g/mol. The fraction of sp³-hybridized carbons (Fsp3) is 0.333. The van der Waals surface area contributed by atoms with Gasteiger partial charge >= 0.3 is 0 Å². The molecule has 54 valence electrons. The minimum absolute atomic E-state index is 0.445. The normalized spacial score (nSPS) is 9.40. The largest absolute Gasteiger partial charge is 0.480 e. The van der Waals surface area contributed by atoms with Crippen LogP contribution in [0.25, 0.3) is 0 Å². The predicted molar refractivity (Wildman–Crippen MR) is 37.7 cm³/mol. The third-order valence-corrected chi connectivity index (χ3v) is 1.17. The van der Waals surface area contributed by atoms with Crippen molar-refractivity contribution in [3.8, 4) is 5.88 Å². The van der Waals surface area contributed by atoms with Crippen molar-refractivity contribution in [2.45, 2.75) is 6.92 Å². The highest BCUT2D eigenvalue weighted by molar-refractivity contribution is 5.33. The second-order valence-corrected chi connectivity index (χ2v) is 1.88. The smallest absolute Gasteiger partial charge is 0.232 e. The number of aryl methyl sites for hydroxylation is 1. The highest BCUT2D eigenvalue weighted by Gasteiger charge is 1.97. The van der Waals surface area contributed by atoms with Crippen LogP contribution < -0.4 is 10.5 Å². The minimum Gasteiger partial charge on any atom is -0.480 e. The molecule has 1 aromatic heterocycles. The number of anilines is 1. The van der Waals surface area contributed by atoms with Crippen LogP contribution in [0.3, 0.4) is 0 Å². The van der Waals surface area contributed by atoms with Crippen molar-refractivity contribution < 1.29 is 4.74 Å². The van der Waals surface area contributed by atoms with E-state index in [1.165, 1.54) is 6.20 Å². The molecule has 0 radical (unpaired) electrons. The zero-order chi connectivity index (χ0) is 7.56. The maximum Gasteiger partial charge on any atom is 0.232 e. The highest BCUT2D eigenvalue weighted by Crippen LogP contribution is 2.08. The van der Waals surface area contributed by atoms with Crippen LogP contribution in [0, 0.1) is 6.92 Å². The molecule has 0 aliphatic rings. The van der Waals surface area contributed by atoms with Crippen molar-refractivity contribution in [3.63, 3.8) is 0 Å². The van der Waals surface area contributed by atoms with Gasteiger partial charge in [-0.15, -0.1) is 0 Å². The fourth-order valence-corrected chi connectivity index (χ4v) is 0.568. The molecule has 0 atom stereocenters. The van der Waals surface area contributed by atoms with Gasteiger partial charge in [-0.25, -0.2) is 9.97 Å². The number of rotatable bonds is 1. The Morgan fingerprint density at radius 3 is 2.80 bits per heavy atom. The van der Waals surface area contributed by atoms with Crippen LogP contribution in [-0.2, 0) is 0 Å². The molecule has 4 nitrogen and oxygen atoms in total. The van der Waals surface area contributed by atoms with E-state index in [4.69, 9.17) is 10.5 Å². The molecule has 1 rings (SSSR count). The van der Waals surface area contributed by atoms with Gasteiger partial charge in [0.2, 0.25) is 5.88 Å². The molecule has 1 heterocycles. The molecule has 10 heavy (non-hydrogen) atoms. The Kier molecular flexibility index (Phi) is 1.71. The third-order valence-electron chi connectivity index (χ3n) is 1.17. The van der Waals surface area contributed by atoms with Gasteiger partial charge < -0.3 is 10.5 Å². The second-order valence-electron chi connectivity index (χ2n) is 1.88. The number of nitrogens with zero attached hydrogens (tertiary/aromatic N) is 2. The van der Waals surface area contributed by atoms with Crippen molar-refractivity contribution in [2.75, 3.05) is 12.8 Å². The Morgan fingerprint density at radius 1 is 1.60 bits per heavy atom. The number of hydrogen-bond acceptors (Lipinski definition) is 4. The van der Waals surface area contributed by atoms with E-state index in [-0.39, 0.29) is 0 Å². The number of methoxy groups -OCH3 is 1. The standard InChI is InChI=1S/C6H9N3O/c1-4-6(7)8-3-5(9-4)10-2/h3H,1-2H3,(H2,7,8). The van der Waals surface area contributed by atoms with Crippen molar-refractivity contribution in [1.29, 1.82) is 0 Å². The van der Waals surface area contributed by atoms with Crippen LogP contribution >= 0.6 is 0 Å². The zero-order valence-corrected chi connectivity index (χ0v) is 5.96. The summed E-state index contributed by atoms with van der Waals surface area (Å²) >= 11 is 0. The number of aromatic nitrogens is 2. The molecule has 0 aromatic carbocycles. The molecule has 0 fully saturated rings. The fourth-order valence-electron chi connectivity index (χ4n) is 0.568. The number of hydrogen-bond donors (Lipinski definition) is 1. The molecule has 0 aliphatic heterocycles. The van der Waals surface area contributed by atoms with Crippen LogP contribution in [0.15, 0.2) is 6.20 Å². The van der Waals surface area contributed by atoms with Crippen LogP contribution in [0.5, 0.6) is 5.88 Å². The zero-order valence-electron chi connectivity index (χ0n) is 5.96. The van der Waals surface area contributed by atoms with Gasteiger partial charge in [-0.05, 0) is 6.92 Å². The molecular formula is C6H9N3O. The Labute approximate surface area is 59.1 Å². The average Bonchev–Trinajstić information content (AvgIpc) is 1.95. The summed E-state index contributed by atoms with van der Waals surface area (Å²) in [6.45, 7) is 1.78. The molecule has 0 saturated carbocycles. The van der Waals surface area contributed by atoms with E-state index in [0.29, 0.717) is 17.4 Å². The second kappa shape index (κ2) is 2.51. The third kappa shape index (κ3) is 1.15. The van der Waals surface area contributed by atoms with Crippen molar-refractivity contribution >= 4 is 5.82 Å². The molecule has 0 saturated heterocycles. The summed E-state index contributed by atoms with van der Waals surface area (Å²) in [5, 5.41) is 0. The predicted octanol–water partition coefficient (Wildman–Crippen LogP) is 0.376. The Bertz CT molecular complexity index is 236. The lowest BCUT2D eigenvalue weighted by Crippen LogP contribution is -1.98. The van der Waals surface area contributed by atoms with Crippen molar-refractivity contribution in [1.82, 2.24) is 9.97 Å². The summed E-state index contributed by atoms with van der Waals surface area (Å²) in [5.41, 5.74) is 6.11. The van der Waals surface area contributed by atoms with E-state index in [1.54, 1.807) is 14.0 Å². The van der Waals surface area contributed by atoms with E-state index in [1.807, 2.05) is 0 Å². The first-order valence-electron chi connectivity index (χ1n) is 2.87. The highest BCUT2D eigenvalue weighted by atomic mass is 16.5. The topological polar surface area (TPSA) is 61.0 Å². The molecule has 0 unspecified atom stereocenters. The molecule has 0 spiro atoms. The van der Waals surface area contributed by atoms with Gasteiger partial charge in [-0.3, -0.25) is 0 Å². The SMILES string of the molecule is COc1cnc(N)c(C)n1. The lowest BCUT2D eigenvalue weighted by Gasteiger charge is -1.99. The maximum absolute atomic E-state index is 5.41. The van der Waals surface area contributed by atoms with Crippen molar-refractivity contribution in [3.05, 3.63) is 11.9 Å². The van der Waals surface area contributed by atoms with E-state index < -0.39 is 0 Å². The summed E-state index contributed by atoms with van der Waals surface area (Å²) in [4.78, 5) is 7.82. The molecule has 0 amide bonds.